The van der Waals surface area contributed by atoms with E-state index in [1.165, 1.54) is 27.0 Å². The van der Waals surface area contributed by atoms with Crippen molar-refractivity contribution >= 4 is 27.4 Å². The Morgan fingerprint density at radius 3 is 2.76 bits per heavy atom. The fraction of sp³-hybridized carbons (Fsp3) is 0.294. The van der Waals surface area contributed by atoms with Crippen LogP contribution in [0.1, 0.15) is 21.6 Å². The van der Waals surface area contributed by atoms with Crippen molar-refractivity contribution in [2.45, 2.75) is 26.8 Å². The van der Waals surface area contributed by atoms with Gasteiger partial charge in [0.15, 0.2) is 0 Å². The largest absolute Gasteiger partial charge is 0.351 e. The van der Waals surface area contributed by atoms with Gasteiger partial charge in [-0.25, -0.2) is 9.97 Å². The molecule has 0 aliphatic carbocycles. The van der Waals surface area contributed by atoms with Gasteiger partial charge in [0.2, 0.25) is 0 Å². The zero-order valence-electron chi connectivity index (χ0n) is 12.3. The maximum absolute atomic E-state index is 4.60. The van der Waals surface area contributed by atoms with Crippen molar-refractivity contribution in [2.75, 3.05) is 11.4 Å². The minimum atomic E-state index is 0.941. The summed E-state index contributed by atoms with van der Waals surface area (Å²) in [6, 6.07) is 8.72. The Kier molecular flexibility index (Phi) is 2.93. The van der Waals surface area contributed by atoms with Crippen molar-refractivity contribution in [3.8, 4) is 0 Å². The van der Waals surface area contributed by atoms with Gasteiger partial charge in [-0.15, -0.1) is 11.3 Å². The van der Waals surface area contributed by atoms with Gasteiger partial charge >= 0.3 is 0 Å². The second-order valence-corrected chi connectivity index (χ2v) is 6.80. The Hall–Kier alpha value is -1.94. The van der Waals surface area contributed by atoms with E-state index in [4.69, 9.17) is 0 Å². The van der Waals surface area contributed by atoms with Crippen LogP contribution < -0.4 is 4.90 Å². The third-order valence-electron chi connectivity index (χ3n) is 4.38. The van der Waals surface area contributed by atoms with Gasteiger partial charge in [-0.3, -0.25) is 0 Å². The number of hydrogen-bond donors (Lipinski definition) is 0. The maximum atomic E-state index is 4.60. The Balaban J connectivity index is 1.82. The molecule has 0 radical (unpaired) electrons. The van der Waals surface area contributed by atoms with Gasteiger partial charge in [-0.05, 0) is 37.0 Å². The van der Waals surface area contributed by atoms with E-state index in [0.29, 0.717) is 0 Å². The molecule has 1 aromatic carbocycles. The second-order valence-electron chi connectivity index (χ2n) is 5.60. The Bertz CT molecular complexity index is 822. The smallest absolute Gasteiger partial charge is 0.141 e. The highest BCUT2D eigenvalue weighted by Gasteiger charge is 2.21. The molecule has 1 aliphatic rings. The normalized spacial score (nSPS) is 14.5. The zero-order chi connectivity index (χ0) is 14.4. The van der Waals surface area contributed by atoms with E-state index in [0.717, 1.165) is 30.2 Å². The Morgan fingerprint density at radius 1 is 1.10 bits per heavy atom. The van der Waals surface area contributed by atoms with Gasteiger partial charge in [0.1, 0.15) is 17.0 Å². The minimum Gasteiger partial charge on any atom is -0.351 e. The highest BCUT2D eigenvalue weighted by atomic mass is 32.1. The molecule has 0 fully saturated rings. The predicted octanol–water partition coefficient (Wildman–Crippen LogP) is 3.87. The molecule has 4 heteroatoms. The summed E-state index contributed by atoms with van der Waals surface area (Å²) in [5.41, 5.74) is 4.21. The molecule has 106 valence electrons. The van der Waals surface area contributed by atoms with E-state index in [1.54, 1.807) is 17.7 Å². The highest BCUT2D eigenvalue weighted by Crippen LogP contribution is 2.35. The summed E-state index contributed by atoms with van der Waals surface area (Å²) >= 11 is 1.76. The van der Waals surface area contributed by atoms with E-state index in [9.17, 15) is 0 Å². The SMILES string of the molecule is Cc1sc2ncnc(N3CCc4ccccc4C3)c2c1C. The summed E-state index contributed by atoms with van der Waals surface area (Å²) in [6.45, 7) is 6.31. The summed E-state index contributed by atoms with van der Waals surface area (Å²) in [4.78, 5) is 13.9. The topological polar surface area (TPSA) is 29.0 Å². The molecule has 3 heterocycles. The lowest BCUT2D eigenvalue weighted by Crippen LogP contribution is -2.31. The van der Waals surface area contributed by atoms with Gasteiger partial charge < -0.3 is 4.90 Å². The van der Waals surface area contributed by atoms with Gasteiger partial charge in [0, 0.05) is 18.0 Å². The van der Waals surface area contributed by atoms with E-state index >= 15 is 0 Å². The first-order chi connectivity index (χ1) is 10.2. The van der Waals surface area contributed by atoms with Crippen LogP contribution in [0.3, 0.4) is 0 Å². The molecular weight excluding hydrogens is 278 g/mol. The van der Waals surface area contributed by atoms with Crippen molar-refractivity contribution in [2.24, 2.45) is 0 Å². The van der Waals surface area contributed by atoms with Crippen LogP contribution in [-0.4, -0.2) is 16.5 Å². The lowest BCUT2D eigenvalue weighted by molar-refractivity contribution is 0.723. The van der Waals surface area contributed by atoms with Crippen LogP contribution >= 0.6 is 11.3 Å². The van der Waals surface area contributed by atoms with Crippen LogP contribution in [0, 0.1) is 13.8 Å². The number of anilines is 1. The highest BCUT2D eigenvalue weighted by molar-refractivity contribution is 7.18. The third-order valence-corrected chi connectivity index (χ3v) is 5.49. The molecule has 0 unspecified atom stereocenters. The average molecular weight is 295 g/mol. The molecule has 0 N–H and O–H groups in total. The first-order valence-corrected chi connectivity index (χ1v) is 8.08. The summed E-state index contributed by atoms with van der Waals surface area (Å²) in [5, 5.41) is 1.24. The van der Waals surface area contributed by atoms with E-state index in [-0.39, 0.29) is 0 Å². The molecule has 0 saturated carbocycles. The molecule has 0 spiro atoms. The van der Waals surface area contributed by atoms with Crippen molar-refractivity contribution < 1.29 is 0 Å². The number of fused-ring (bicyclic) bond motifs is 2. The molecular formula is C17H17N3S. The third kappa shape index (κ3) is 2.02. The van der Waals surface area contributed by atoms with Gasteiger partial charge in [0.25, 0.3) is 0 Å². The number of nitrogens with zero attached hydrogens (tertiary/aromatic N) is 3. The molecule has 2 aromatic heterocycles. The van der Waals surface area contributed by atoms with Crippen LogP contribution in [0.15, 0.2) is 30.6 Å². The number of thiophene rings is 1. The molecule has 3 nitrogen and oxygen atoms in total. The molecule has 1 aliphatic heterocycles. The molecule has 4 rings (SSSR count). The van der Waals surface area contributed by atoms with E-state index < -0.39 is 0 Å². The molecule has 0 amide bonds. The van der Waals surface area contributed by atoms with Crippen LogP contribution in [0.4, 0.5) is 5.82 Å². The number of rotatable bonds is 1. The van der Waals surface area contributed by atoms with Crippen LogP contribution in [-0.2, 0) is 13.0 Å². The van der Waals surface area contributed by atoms with E-state index in [2.05, 4.69) is 53.0 Å². The lowest BCUT2D eigenvalue weighted by Gasteiger charge is -2.30. The van der Waals surface area contributed by atoms with Crippen molar-refractivity contribution in [3.63, 3.8) is 0 Å². The first kappa shape index (κ1) is 12.8. The van der Waals surface area contributed by atoms with Crippen molar-refractivity contribution in [3.05, 3.63) is 52.2 Å². The summed E-state index contributed by atoms with van der Waals surface area (Å²) < 4.78 is 0. The van der Waals surface area contributed by atoms with Crippen LogP contribution in [0.2, 0.25) is 0 Å². The Labute approximate surface area is 128 Å². The lowest BCUT2D eigenvalue weighted by atomic mass is 9.99. The van der Waals surface area contributed by atoms with Crippen LogP contribution in [0.25, 0.3) is 10.2 Å². The van der Waals surface area contributed by atoms with Gasteiger partial charge in [-0.1, -0.05) is 24.3 Å². The van der Waals surface area contributed by atoms with Crippen LogP contribution in [0.5, 0.6) is 0 Å². The fourth-order valence-corrected chi connectivity index (χ4v) is 4.07. The number of benzene rings is 1. The number of hydrogen-bond acceptors (Lipinski definition) is 4. The van der Waals surface area contributed by atoms with Crippen molar-refractivity contribution in [1.29, 1.82) is 0 Å². The van der Waals surface area contributed by atoms with E-state index in [1.807, 2.05) is 0 Å². The minimum absolute atomic E-state index is 0.941. The number of aromatic nitrogens is 2. The fourth-order valence-electron chi connectivity index (χ4n) is 3.08. The Morgan fingerprint density at radius 2 is 1.90 bits per heavy atom. The average Bonchev–Trinajstić information content (AvgIpc) is 2.82. The number of aryl methyl sites for hydroxylation is 2. The predicted molar refractivity (Wildman–Crippen MR) is 88.1 cm³/mol. The van der Waals surface area contributed by atoms with Gasteiger partial charge in [0.05, 0.1) is 5.39 Å². The first-order valence-electron chi connectivity index (χ1n) is 7.26. The molecule has 21 heavy (non-hydrogen) atoms. The summed E-state index contributed by atoms with van der Waals surface area (Å²) in [5.74, 6) is 1.09. The zero-order valence-corrected chi connectivity index (χ0v) is 13.1. The maximum Gasteiger partial charge on any atom is 0.141 e. The monoisotopic (exact) mass is 295 g/mol. The standard InChI is InChI=1S/C17H17N3S/c1-11-12(2)21-17-15(11)16(18-10-19-17)20-8-7-13-5-3-4-6-14(13)9-20/h3-6,10H,7-9H2,1-2H3. The summed E-state index contributed by atoms with van der Waals surface area (Å²) in [6.07, 6.45) is 2.79. The summed E-state index contributed by atoms with van der Waals surface area (Å²) in [7, 11) is 0. The van der Waals surface area contributed by atoms with Gasteiger partial charge in [-0.2, -0.15) is 0 Å². The molecule has 0 bridgehead atoms. The molecule has 3 aromatic rings. The molecule has 0 saturated heterocycles. The quantitative estimate of drug-likeness (QED) is 0.682. The second kappa shape index (κ2) is 4.81. The van der Waals surface area contributed by atoms with Crippen molar-refractivity contribution in [1.82, 2.24) is 9.97 Å². The molecule has 0 atom stereocenters.